The van der Waals surface area contributed by atoms with E-state index in [-0.39, 0.29) is 34.9 Å². The average Bonchev–Trinajstić information content (AvgIpc) is 2.87. The molecule has 0 spiro atoms. The molecule has 23 heavy (non-hydrogen) atoms. The molecule has 0 radical (unpaired) electrons. The van der Waals surface area contributed by atoms with Crippen LogP contribution in [0.1, 0.15) is 36.0 Å². The van der Waals surface area contributed by atoms with E-state index in [4.69, 9.17) is 0 Å². The summed E-state index contributed by atoms with van der Waals surface area (Å²) in [6.45, 7) is 0. The Bertz CT molecular complexity index is 636. The number of thioether (sulfide) groups is 1. The Hall–Kier alpha value is -1.34. The smallest absolute Gasteiger partial charge is 0.289 e. The minimum Gasteiger partial charge on any atom is -0.347 e. The Morgan fingerprint density at radius 1 is 1.22 bits per heavy atom. The lowest BCUT2D eigenvalue weighted by Gasteiger charge is -2.36. The third-order valence-electron chi connectivity index (χ3n) is 4.28. The number of nitrogens with zero attached hydrogens (tertiary/aromatic N) is 1. The summed E-state index contributed by atoms with van der Waals surface area (Å²) in [6, 6.07) is 6.81. The number of rotatable bonds is 3. The van der Waals surface area contributed by atoms with E-state index in [9.17, 15) is 14.4 Å². The van der Waals surface area contributed by atoms with Crippen molar-refractivity contribution in [2.75, 3.05) is 5.75 Å². The molecule has 0 unspecified atom stereocenters. The minimum absolute atomic E-state index is 0.146. The van der Waals surface area contributed by atoms with Gasteiger partial charge in [-0.2, -0.15) is 0 Å². The van der Waals surface area contributed by atoms with Crippen LogP contribution in [0.25, 0.3) is 0 Å². The predicted molar refractivity (Wildman–Crippen MR) is 92.4 cm³/mol. The maximum absolute atomic E-state index is 12.5. The molecule has 2 atom stereocenters. The molecule has 2 aliphatic rings. The quantitative estimate of drug-likeness (QED) is 0.851. The van der Waals surface area contributed by atoms with Crippen LogP contribution in [-0.4, -0.2) is 39.8 Å². The van der Waals surface area contributed by atoms with Gasteiger partial charge in [0.25, 0.3) is 11.1 Å². The molecule has 0 bridgehead atoms. The molecule has 1 saturated carbocycles. The summed E-state index contributed by atoms with van der Waals surface area (Å²) in [5.74, 6) is -0.117. The molecule has 1 aliphatic heterocycles. The molecule has 1 aromatic carbocycles. The number of carbonyl (C=O) groups is 3. The highest BCUT2D eigenvalue weighted by Gasteiger charge is 2.41. The van der Waals surface area contributed by atoms with E-state index in [1.54, 1.807) is 6.07 Å². The Balaban J connectivity index is 1.77. The summed E-state index contributed by atoms with van der Waals surface area (Å²) in [6.07, 6.45) is 3.48. The fourth-order valence-corrected chi connectivity index (χ4v) is 4.39. The van der Waals surface area contributed by atoms with E-state index in [1.807, 2.05) is 18.2 Å². The second-order valence-corrected chi connectivity index (χ2v) is 7.51. The molecule has 7 heteroatoms. The van der Waals surface area contributed by atoms with E-state index >= 15 is 0 Å². The molecule has 3 rings (SSSR count). The number of benzene rings is 1. The van der Waals surface area contributed by atoms with Crippen molar-refractivity contribution in [1.82, 2.24) is 10.2 Å². The predicted octanol–water partition coefficient (Wildman–Crippen LogP) is 3.19. The number of carbonyl (C=O) groups excluding carboxylic acids is 3. The van der Waals surface area contributed by atoms with Gasteiger partial charge in [-0.1, -0.05) is 36.7 Å². The van der Waals surface area contributed by atoms with Crippen LogP contribution in [0.2, 0.25) is 0 Å². The van der Waals surface area contributed by atoms with Crippen LogP contribution in [-0.2, 0) is 4.79 Å². The van der Waals surface area contributed by atoms with Crippen molar-refractivity contribution in [3.63, 3.8) is 0 Å². The van der Waals surface area contributed by atoms with Crippen molar-refractivity contribution in [3.05, 3.63) is 34.3 Å². The molecule has 5 nitrogen and oxygen atoms in total. The fourth-order valence-electron chi connectivity index (χ4n) is 3.16. The van der Waals surface area contributed by atoms with Crippen molar-refractivity contribution in [2.45, 2.75) is 37.8 Å². The van der Waals surface area contributed by atoms with Crippen LogP contribution in [0.15, 0.2) is 28.7 Å². The minimum atomic E-state index is -0.231. The van der Waals surface area contributed by atoms with Gasteiger partial charge in [-0.15, -0.1) is 0 Å². The standard InChI is InChI=1S/C16H17BrN2O3S/c17-11-6-2-1-5-10(11)15(21)18-12-7-3-4-8-13(12)19-14(20)9-23-16(19)22/h1-2,5-6,12-13H,3-4,7-9H2,(H,18,21)/t12-,13-/m1/s1. The van der Waals surface area contributed by atoms with Crippen LogP contribution >= 0.6 is 27.7 Å². The van der Waals surface area contributed by atoms with Gasteiger partial charge >= 0.3 is 0 Å². The summed E-state index contributed by atoms with van der Waals surface area (Å²) < 4.78 is 0.730. The van der Waals surface area contributed by atoms with E-state index in [0.717, 1.165) is 41.9 Å². The molecule has 3 amide bonds. The molecule has 122 valence electrons. The van der Waals surface area contributed by atoms with E-state index in [1.165, 1.54) is 4.90 Å². The molecule has 1 heterocycles. The summed E-state index contributed by atoms with van der Waals surface area (Å²) in [7, 11) is 0. The molecule has 1 saturated heterocycles. The number of hydrogen-bond donors (Lipinski definition) is 1. The summed E-state index contributed by atoms with van der Waals surface area (Å²) in [4.78, 5) is 37.9. The van der Waals surface area contributed by atoms with Crippen LogP contribution in [0, 0.1) is 0 Å². The SMILES string of the molecule is O=C(N[C@@H]1CCCC[C@H]1N1C(=O)CSC1=O)c1ccccc1Br. The zero-order valence-corrected chi connectivity index (χ0v) is 14.9. The van der Waals surface area contributed by atoms with Gasteiger partial charge in [0, 0.05) is 4.47 Å². The average molecular weight is 397 g/mol. The Labute approximate surface area is 147 Å². The van der Waals surface area contributed by atoms with Gasteiger partial charge in [0.05, 0.1) is 23.4 Å². The first kappa shape index (κ1) is 16.5. The van der Waals surface area contributed by atoms with Crippen molar-refractivity contribution in [1.29, 1.82) is 0 Å². The van der Waals surface area contributed by atoms with Gasteiger partial charge in [0.15, 0.2) is 0 Å². The van der Waals surface area contributed by atoms with Crippen LogP contribution in [0.3, 0.4) is 0 Å². The van der Waals surface area contributed by atoms with Crippen molar-refractivity contribution in [3.8, 4) is 0 Å². The third-order valence-corrected chi connectivity index (χ3v) is 5.81. The first-order chi connectivity index (χ1) is 11.1. The highest BCUT2D eigenvalue weighted by Crippen LogP contribution is 2.30. The van der Waals surface area contributed by atoms with Crippen LogP contribution in [0.4, 0.5) is 4.79 Å². The zero-order valence-electron chi connectivity index (χ0n) is 12.5. The first-order valence-electron chi connectivity index (χ1n) is 7.62. The van der Waals surface area contributed by atoms with Gasteiger partial charge in [-0.05, 0) is 40.9 Å². The number of nitrogens with one attached hydrogen (secondary N) is 1. The number of imide groups is 1. The maximum Gasteiger partial charge on any atom is 0.289 e. The second kappa shape index (κ2) is 7.05. The molecule has 0 aromatic heterocycles. The highest BCUT2D eigenvalue weighted by atomic mass is 79.9. The largest absolute Gasteiger partial charge is 0.347 e. The van der Waals surface area contributed by atoms with E-state index in [0.29, 0.717) is 5.56 Å². The van der Waals surface area contributed by atoms with Crippen LogP contribution < -0.4 is 5.32 Å². The first-order valence-corrected chi connectivity index (χ1v) is 9.40. The lowest BCUT2D eigenvalue weighted by Crippen LogP contribution is -2.54. The Morgan fingerprint density at radius 3 is 2.65 bits per heavy atom. The third kappa shape index (κ3) is 3.45. The summed E-state index contributed by atoms with van der Waals surface area (Å²) in [5.41, 5.74) is 0.560. The lowest BCUT2D eigenvalue weighted by atomic mass is 9.89. The van der Waals surface area contributed by atoms with E-state index in [2.05, 4.69) is 21.2 Å². The Morgan fingerprint density at radius 2 is 1.96 bits per heavy atom. The van der Waals surface area contributed by atoms with Gasteiger partial charge < -0.3 is 5.32 Å². The molecular formula is C16H17BrN2O3S. The fraction of sp³-hybridized carbons (Fsp3) is 0.438. The lowest BCUT2D eigenvalue weighted by molar-refractivity contribution is -0.127. The van der Waals surface area contributed by atoms with E-state index < -0.39 is 0 Å². The second-order valence-electron chi connectivity index (χ2n) is 5.73. The van der Waals surface area contributed by atoms with Gasteiger partial charge in [0.2, 0.25) is 5.91 Å². The molecule has 2 fully saturated rings. The number of halogens is 1. The number of hydrogen-bond acceptors (Lipinski definition) is 4. The summed E-state index contributed by atoms with van der Waals surface area (Å²) in [5, 5.41) is 2.83. The molecule has 1 N–H and O–H groups in total. The molecule has 1 aliphatic carbocycles. The van der Waals surface area contributed by atoms with Crippen LogP contribution in [0.5, 0.6) is 0 Å². The Kier molecular flexibility index (Phi) is 5.06. The number of amides is 3. The maximum atomic E-state index is 12.5. The van der Waals surface area contributed by atoms with Gasteiger partial charge in [-0.25, -0.2) is 0 Å². The zero-order chi connectivity index (χ0) is 16.4. The molecular weight excluding hydrogens is 380 g/mol. The topological polar surface area (TPSA) is 66.5 Å². The molecule has 1 aromatic rings. The van der Waals surface area contributed by atoms with Crippen molar-refractivity contribution in [2.24, 2.45) is 0 Å². The highest BCUT2D eigenvalue weighted by molar-refractivity contribution is 9.10. The summed E-state index contributed by atoms with van der Waals surface area (Å²) >= 11 is 4.42. The van der Waals surface area contributed by atoms with Gasteiger partial charge in [-0.3, -0.25) is 19.3 Å². The van der Waals surface area contributed by atoms with Crippen molar-refractivity contribution >= 4 is 44.7 Å². The van der Waals surface area contributed by atoms with Crippen molar-refractivity contribution < 1.29 is 14.4 Å². The normalized spacial score (nSPS) is 24.8. The monoisotopic (exact) mass is 396 g/mol. The van der Waals surface area contributed by atoms with Gasteiger partial charge in [0.1, 0.15) is 0 Å².